The van der Waals surface area contributed by atoms with Crippen LogP contribution in [0.2, 0.25) is 0 Å². The summed E-state index contributed by atoms with van der Waals surface area (Å²) >= 11 is 1.59. The van der Waals surface area contributed by atoms with E-state index >= 15 is 0 Å². The molecule has 0 aliphatic carbocycles. The van der Waals surface area contributed by atoms with Gasteiger partial charge >= 0.3 is 0 Å². The molecule has 0 radical (unpaired) electrons. The third kappa shape index (κ3) is 3.44. The fourth-order valence-electron chi connectivity index (χ4n) is 4.41. The second-order valence-electron chi connectivity index (χ2n) is 7.80. The van der Waals surface area contributed by atoms with Crippen LogP contribution < -0.4 is 4.90 Å². The minimum Gasteiger partial charge on any atom is -0.381 e. The van der Waals surface area contributed by atoms with Crippen molar-refractivity contribution in [2.24, 2.45) is 0 Å². The molecule has 5 rings (SSSR count). The van der Waals surface area contributed by atoms with E-state index in [2.05, 4.69) is 9.88 Å². The number of benzene rings is 1. The Balaban J connectivity index is 1.33. The molecule has 4 heterocycles. The van der Waals surface area contributed by atoms with E-state index in [4.69, 9.17) is 9.72 Å². The zero-order valence-corrected chi connectivity index (χ0v) is 17.4. The molecule has 156 valence electrons. The zero-order valence-electron chi connectivity index (χ0n) is 16.6. The molecule has 0 saturated carbocycles. The van der Waals surface area contributed by atoms with Gasteiger partial charge in [0.25, 0.3) is 0 Å². The average Bonchev–Trinajstić information content (AvgIpc) is 3.24. The molecule has 0 N–H and O–H groups in total. The third-order valence-electron chi connectivity index (χ3n) is 6.15. The highest BCUT2D eigenvalue weighted by atomic mass is 32.1. The van der Waals surface area contributed by atoms with Crippen molar-refractivity contribution in [3.05, 3.63) is 54.0 Å². The summed E-state index contributed by atoms with van der Waals surface area (Å²) in [4.78, 5) is 27.9. The number of nitrogens with zero attached hydrogens (tertiary/aromatic N) is 4. The lowest BCUT2D eigenvalue weighted by Gasteiger charge is -2.43. The van der Waals surface area contributed by atoms with E-state index in [9.17, 15) is 9.18 Å². The maximum atomic E-state index is 13.7. The molecule has 2 aromatic heterocycles. The van der Waals surface area contributed by atoms with Gasteiger partial charge in [-0.3, -0.25) is 4.79 Å². The Hall–Kier alpha value is -2.58. The monoisotopic (exact) mass is 426 g/mol. The highest BCUT2D eigenvalue weighted by molar-refractivity contribution is 7.21. The number of ether oxygens (including phenoxy) is 1. The Morgan fingerprint density at radius 3 is 2.50 bits per heavy atom. The first-order valence-corrected chi connectivity index (χ1v) is 11.1. The van der Waals surface area contributed by atoms with Gasteiger partial charge in [0, 0.05) is 45.6 Å². The summed E-state index contributed by atoms with van der Waals surface area (Å²) in [7, 11) is 0. The van der Waals surface area contributed by atoms with Crippen LogP contribution in [0.15, 0.2) is 42.6 Å². The van der Waals surface area contributed by atoms with E-state index in [0.717, 1.165) is 34.1 Å². The van der Waals surface area contributed by atoms with E-state index in [1.165, 1.54) is 12.1 Å². The molecule has 0 spiro atoms. The van der Waals surface area contributed by atoms with Crippen LogP contribution in [0.4, 0.5) is 9.52 Å². The first kappa shape index (κ1) is 19.4. The number of carbonyl (C=O) groups is 1. The van der Waals surface area contributed by atoms with Gasteiger partial charge in [0.2, 0.25) is 5.91 Å². The van der Waals surface area contributed by atoms with Crippen molar-refractivity contribution in [3.63, 3.8) is 0 Å². The molecule has 2 aliphatic heterocycles. The van der Waals surface area contributed by atoms with Gasteiger partial charge in [-0.2, -0.15) is 0 Å². The van der Waals surface area contributed by atoms with E-state index < -0.39 is 5.41 Å². The summed E-state index contributed by atoms with van der Waals surface area (Å²) in [6.07, 6.45) is 3.03. The summed E-state index contributed by atoms with van der Waals surface area (Å²) in [5, 5.41) is 0.954. The molecule has 2 aliphatic rings. The number of thiazole rings is 1. The molecular weight excluding hydrogens is 403 g/mol. The van der Waals surface area contributed by atoms with Gasteiger partial charge in [0.1, 0.15) is 16.2 Å². The lowest BCUT2D eigenvalue weighted by Crippen LogP contribution is -2.56. The quantitative estimate of drug-likeness (QED) is 0.644. The minimum atomic E-state index is -0.631. The second kappa shape index (κ2) is 7.92. The van der Waals surface area contributed by atoms with Crippen molar-refractivity contribution in [3.8, 4) is 0 Å². The lowest BCUT2D eigenvalue weighted by atomic mass is 9.73. The molecule has 1 aromatic carbocycles. The molecule has 8 heteroatoms. The van der Waals surface area contributed by atoms with Crippen molar-refractivity contribution >= 4 is 32.7 Å². The number of fused-ring (bicyclic) bond motifs is 1. The predicted octanol–water partition coefficient (Wildman–Crippen LogP) is 3.23. The SMILES string of the molecule is O=C(N1CCN(c2nc3cccnc3s2)CC1)C1(c2ccc(F)cc2)CCOCC1. The van der Waals surface area contributed by atoms with Crippen molar-refractivity contribution in [1.29, 1.82) is 0 Å². The number of amides is 1. The molecule has 2 saturated heterocycles. The third-order valence-corrected chi connectivity index (χ3v) is 7.19. The Bertz CT molecular complexity index is 1010. The van der Waals surface area contributed by atoms with Crippen molar-refractivity contribution in [1.82, 2.24) is 14.9 Å². The van der Waals surface area contributed by atoms with Crippen LogP contribution in [-0.4, -0.2) is 60.2 Å². The number of hydrogen-bond donors (Lipinski definition) is 0. The van der Waals surface area contributed by atoms with E-state index in [-0.39, 0.29) is 11.7 Å². The highest BCUT2D eigenvalue weighted by Crippen LogP contribution is 2.37. The van der Waals surface area contributed by atoms with Gasteiger partial charge in [-0.15, -0.1) is 0 Å². The van der Waals surface area contributed by atoms with Gasteiger partial charge in [-0.1, -0.05) is 23.5 Å². The van der Waals surface area contributed by atoms with Crippen molar-refractivity contribution in [2.75, 3.05) is 44.3 Å². The van der Waals surface area contributed by atoms with Crippen LogP contribution >= 0.6 is 11.3 Å². The van der Waals surface area contributed by atoms with Crippen LogP contribution in [-0.2, 0) is 14.9 Å². The van der Waals surface area contributed by atoms with Crippen molar-refractivity contribution < 1.29 is 13.9 Å². The van der Waals surface area contributed by atoms with Crippen LogP contribution in [0.1, 0.15) is 18.4 Å². The highest BCUT2D eigenvalue weighted by Gasteiger charge is 2.44. The molecular formula is C22H23FN4O2S. The first-order valence-electron chi connectivity index (χ1n) is 10.3. The standard InChI is InChI=1S/C22H23FN4O2S/c23-17-5-3-16(4-6-17)22(7-14-29-15-8-22)20(28)26-10-12-27(13-11-26)21-25-18-2-1-9-24-19(18)30-21/h1-6,9H,7-8,10-15H2. The normalized spacial score (nSPS) is 19.2. The summed E-state index contributed by atoms with van der Waals surface area (Å²) in [6, 6.07) is 10.3. The predicted molar refractivity (Wildman–Crippen MR) is 114 cm³/mol. The number of pyridine rings is 1. The van der Waals surface area contributed by atoms with Crippen LogP contribution in [0, 0.1) is 5.82 Å². The van der Waals surface area contributed by atoms with Crippen LogP contribution in [0.25, 0.3) is 10.3 Å². The zero-order chi connectivity index (χ0) is 20.6. The average molecular weight is 427 g/mol. The largest absolute Gasteiger partial charge is 0.381 e. The van der Waals surface area contributed by atoms with E-state index in [1.54, 1.807) is 29.7 Å². The van der Waals surface area contributed by atoms with Gasteiger partial charge in [0.15, 0.2) is 5.13 Å². The Morgan fingerprint density at radius 1 is 1.07 bits per heavy atom. The Kier molecular flexibility index (Phi) is 5.12. The van der Waals surface area contributed by atoms with Crippen LogP contribution in [0.3, 0.4) is 0 Å². The molecule has 30 heavy (non-hydrogen) atoms. The summed E-state index contributed by atoms with van der Waals surface area (Å²) in [5.41, 5.74) is 1.17. The fourth-order valence-corrected chi connectivity index (χ4v) is 5.37. The topological polar surface area (TPSA) is 58.6 Å². The molecule has 6 nitrogen and oxygen atoms in total. The smallest absolute Gasteiger partial charge is 0.233 e. The molecule has 3 aromatic rings. The second-order valence-corrected chi connectivity index (χ2v) is 8.76. The van der Waals surface area contributed by atoms with Gasteiger partial charge in [-0.05, 0) is 42.7 Å². The summed E-state index contributed by atoms with van der Waals surface area (Å²) in [5.74, 6) is -0.157. The number of rotatable bonds is 3. The van der Waals surface area contributed by atoms with Gasteiger partial charge in [0.05, 0.1) is 5.41 Å². The van der Waals surface area contributed by atoms with Crippen LogP contribution in [0.5, 0.6) is 0 Å². The number of anilines is 1. The summed E-state index contributed by atoms with van der Waals surface area (Å²) in [6.45, 7) is 3.85. The van der Waals surface area contributed by atoms with Gasteiger partial charge in [-0.25, -0.2) is 14.4 Å². The minimum absolute atomic E-state index is 0.128. The van der Waals surface area contributed by atoms with E-state index in [1.807, 2.05) is 17.0 Å². The lowest BCUT2D eigenvalue weighted by molar-refractivity contribution is -0.141. The van der Waals surface area contributed by atoms with Gasteiger partial charge < -0.3 is 14.5 Å². The number of aromatic nitrogens is 2. The summed E-state index contributed by atoms with van der Waals surface area (Å²) < 4.78 is 19.0. The molecule has 2 fully saturated rings. The maximum absolute atomic E-state index is 13.7. The molecule has 0 bridgehead atoms. The van der Waals surface area contributed by atoms with E-state index in [0.29, 0.717) is 39.1 Å². The number of halogens is 1. The molecule has 0 unspecified atom stereocenters. The number of hydrogen-bond acceptors (Lipinski definition) is 6. The maximum Gasteiger partial charge on any atom is 0.233 e. The Morgan fingerprint density at radius 2 is 1.80 bits per heavy atom. The molecule has 0 atom stereocenters. The fraction of sp³-hybridized carbons (Fsp3) is 0.409. The number of piperazine rings is 1. The molecule has 1 amide bonds. The van der Waals surface area contributed by atoms with Crippen molar-refractivity contribution in [2.45, 2.75) is 18.3 Å². The Labute approximate surface area is 178 Å². The first-order chi connectivity index (χ1) is 14.7. The number of carbonyl (C=O) groups excluding carboxylic acids is 1.